The Labute approximate surface area is 189 Å². The number of carbonyl (C=O) groups excluding carboxylic acids is 1. The van der Waals surface area contributed by atoms with Crippen LogP contribution in [0, 0.1) is 11.6 Å². The molecule has 0 radical (unpaired) electrons. The molecular weight excluding hydrogens is 454 g/mol. The molecule has 2 heterocycles. The first-order chi connectivity index (χ1) is 15.8. The van der Waals surface area contributed by atoms with Crippen LogP contribution < -0.4 is 9.62 Å². The van der Waals surface area contributed by atoms with Crippen molar-refractivity contribution >= 4 is 38.3 Å². The Morgan fingerprint density at radius 3 is 2.64 bits per heavy atom. The van der Waals surface area contributed by atoms with E-state index in [1.165, 1.54) is 12.1 Å². The molecule has 0 atom stereocenters. The summed E-state index contributed by atoms with van der Waals surface area (Å²) in [5.74, 6) is -3.05. The number of morpholine rings is 1. The predicted molar refractivity (Wildman–Crippen MR) is 120 cm³/mol. The second-order valence-corrected chi connectivity index (χ2v) is 9.44. The predicted octanol–water partition coefficient (Wildman–Crippen LogP) is 3.13. The Bertz CT molecular complexity index is 1310. The first kappa shape index (κ1) is 23.0. The Balaban J connectivity index is 1.68. The van der Waals surface area contributed by atoms with Gasteiger partial charge in [-0.3, -0.25) is 14.5 Å². The number of benzene rings is 2. The molecule has 0 spiro atoms. The van der Waals surface area contributed by atoms with Crippen molar-refractivity contribution in [3.63, 3.8) is 0 Å². The van der Waals surface area contributed by atoms with Gasteiger partial charge in [0.2, 0.25) is 10.0 Å². The highest BCUT2D eigenvalue weighted by atomic mass is 32.2. The third-order valence-electron chi connectivity index (χ3n) is 5.15. The number of ketones is 1. The zero-order chi connectivity index (χ0) is 23.6. The Morgan fingerprint density at radius 2 is 1.91 bits per heavy atom. The molecule has 3 aromatic rings. The molecule has 1 aliphatic heterocycles. The Morgan fingerprint density at radius 1 is 1.15 bits per heavy atom. The fourth-order valence-corrected chi connectivity index (χ4v) is 4.67. The number of nitrogens with zero attached hydrogens (tertiary/aromatic N) is 3. The first-order valence-electron chi connectivity index (χ1n) is 10.4. The quantitative estimate of drug-likeness (QED) is 0.523. The van der Waals surface area contributed by atoms with Crippen molar-refractivity contribution in [2.45, 2.75) is 13.3 Å². The number of hydrogen-bond acceptors (Lipinski definition) is 7. The maximum absolute atomic E-state index is 14.5. The molecule has 1 aromatic heterocycles. The van der Waals surface area contributed by atoms with Crippen LogP contribution in [0.3, 0.4) is 0 Å². The third-order valence-corrected chi connectivity index (χ3v) is 6.64. The van der Waals surface area contributed by atoms with Crippen LogP contribution in [0.25, 0.3) is 11.0 Å². The van der Waals surface area contributed by atoms with Gasteiger partial charge in [0.15, 0.2) is 17.4 Å². The molecule has 0 unspecified atom stereocenters. The largest absolute Gasteiger partial charge is 0.378 e. The molecule has 174 valence electrons. The van der Waals surface area contributed by atoms with E-state index in [2.05, 4.69) is 14.7 Å². The van der Waals surface area contributed by atoms with Crippen molar-refractivity contribution in [3.8, 4) is 0 Å². The molecule has 0 saturated carbocycles. The van der Waals surface area contributed by atoms with Gasteiger partial charge in [0.25, 0.3) is 0 Å². The SMILES string of the molecule is CCCS(=O)(=O)Nc1cc(F)c(F)c(C(=O)c2ccc3ncc(N4CCOCC4)nc3c2)c1. The van der Waals surface area contributed by atoms with E-state index in [-0.39, 0.29) is 17.0 Å². The van der Waals surface area contributed by atoms with Gasteiger partial charge >= 0.3 is 0 Å². The smallest absolute Gasteiger partial charge is 0.232 e. The van der Waals surface area contributed by atoms with Crippen molar-refractivity contribution in [2.75, 3.05) is 41.7 Å². The van der Waals surface area contributed by atoms with Crippen molar-refractivity contribution in [3.05, 3.63) is 59.3 Å². The van der Waals surface area contributed by atoms with Gasteiger partial charge in [-0.25, -0.2) is 22.2 Å². The van der Waals surface area contributed by atoms with Gasteiger partial charge in [0.1, 0.15) is 5.82 Å². The van der Waals surface area contributed by atoms with Crippen molar-refractivity contribution in [1.29, 1.82) is 0 Å². The van der Waals surface area contributed by atoms with Crippen LogP contribution in [-0.4, -0.2) is 56.2 Å². The van der Waals surface area contributed by atoms with Gasteiger partial charge in [0.05, 0.1) is 47.4 Å². The summed E-state index contributed by atoms with van der Waals surface area (Å²) < 4.78 is 60.2. The first-order valence-corrected chi connectivity index (χ1v) is 12.1. The van der Waals surface area contributed by atoms with Crippen LogP contribution in [0.2, 0.25) is 0 Å². The topological polar surface area (TPSA) is 101 Å². The third kappa shape index (κ3) is 5.09. The maximum Gasteiger partial charge on any atom is 0.232 e. The van der Waals surface area contributed by atoms with Crippen LogP contribution in [0.5, 0.6) is 0 Å². The maximum atomic E-state index is 14.5. The summed E-state index contributed by atoms with van der Waals surface area (Å²) in [6.45, 7) is 4.13. The minimum atomic E-state index is -3.75. The van der Waals surface area contributed by atoms with Gasteiger partial charge in [-0.1, -0.05) is 6.92 Å². The van der Waals surface area contributed by atoms with E-state index in [1.807, 2.05) is 4.90 Å². The molecule has 8 nitrogen and oxygen atoms in total. The molecule has 0 aliphatic carbocycles. The lowest BCUT2D eigenvalue weighted by Crippen LogP contribution is -2.36. The van der Waals surface area contributed by atoms with E-state index in [4.69, 9.17) is 4.74 Å². The lowest BCUT2D eigenvalue weighted by atomic mass is 10.0. The van der Waals surface area contributed by atoms with Crippen LogP contribution >= 0.6 is 0 Å². The minimum absolute atomic E-state index is 0.0720. The normalized spacial score (nSPS) is 14.5. The molecule has 1 saturated heterocycles. The summed E-state index contributed by atoms with van der Waals surface area (Å²) in [5.41, 5.74) is 0.228. The summed E-state index contributed by atoms with van der Waals surface area (Å²) in [7, 11) is -3.75. The van der Waals surface area contributed by atoms with E-state index >= 15 is 0 Å². The molecule has 0 bridgehead atoms. The van der Waals surface area contributed by atoms with Crippen LogP contribution in [0.1, 0.15) is 29.3 Å². The van der Waals surface area contributed by atoms with Gasteiger partial charge in [-0.05, 0) is 30.7 Å². The number of sulfonamides is 1. The molecule has 2 aromatic carbocycles. The molecule has 4 rings (SSSR count). The van der Waals surface area contributed by atoms with E-state index in [9.17, 15) is 22.0 Å². The molecule has 33 heavy (non-hydrogen) atoms. The average molecular weight is 477 g/mol. The van der Waals surface area contributed by atoms with Gasteiger partial charge in [-0.2, -0.15) is 0 Å². The van der Waals surface area contributed by atoms with Gasteiger partial charge < -0.3 is 9.64 Å². The van der Waals surface area contributed by atoms with Crippen LogP contribution in [-0.2, 0) is 14.8 Å². The number of nitrogens with one attached hydrogen (secondary N) is 1. The molecule has 1 fully saturated rings. The number of fused-ring (bicyclic) bond motifs is 1. The number of halogens is 2. The average Bonchev–Trinajstić information content (AvgIpc) is 2.80. The fraction of sp³-hybridized carbons (Fsp3) is 0.318. The molecule has 1 N–H and O–H groups in total. The zero-order valence-corrected chi connectivity index (χ0v) is 18.7. The highest BCUT2D eigenvalue weighted by molar-refractivity contribution is 7.92. The summed E-state index contributed by atoms with van der Waals surface area (Å²) >= 11 is 0. The van der Waals surface area contributed by atoms with E-state index < -0.39 is 33.0 Å². The van der Waals surface area contributed by atoms with Gasteiger partial charge in [0, 0.05) is 24.7 Å². The highest BCUT2D eigenvalue weighted by Gasteiger charge is 2.21. The fourth-order valence-electron chi connectivity index (χ4n) is 3.56. The second-order valence-electron chi connectivity index (χ2n) is 7.60. The number of anilines is 2. The Kier molecular flexibility index (Phi) is 6.52. The monoisotopic (exact) mass is 476 g/mol. The number of ether oxygens (including phenoxy) is 1. The van der Waals surface area contributed by atoms with E-state index in [0.29, 0.717) is 55.6 Å². The number of aromatic nitrogens is 2. The molecule has 11 heteroatoms. The molecule has 1 aliphatic rings. The summed E-state index contributed by atoms with van der Waals surface area (Å²) in [5, 5.41) is 0. The zero-order valence-electron chi connectivity index (χ0n) is 17.8. The number of carbonyl (C=O) groups is 1. The highest BCUT2D eigenvalue weighted by Crippen LogP contribution is 2.24. The van der Waals surface area contributed by atoms with E-state index in [1.54, 1.807) is 19.2 Å². The van der Waals surface area contributed by atoms with Crippen molar-refractivity contribution in [2.24, 2.45) is 0 Å². The van der Waals surface area contributed by atoms with E-state index in [0.717, 1.165) is 6.07 Å². The second kappa shape index (κ2) is 9.36. The summed E-state index contributed by atoms with van der Waals surface area (Å²) in [4.78, 5) is 24.0. The van der Waals surface area contributed by atoms with Gasteiger partial charge in [-0.15, -0.1) is 0 Å². The standard InChI is InChI=1S/C22H22F2N4O4S/c1-2-9-33(30,31)27-15-11-16(21(24)17(23)12-15)22(29)14-3-4-18-19(10-14)26-20(13-25-18)28-5-7-32-8-6-28/h3-4,10-13,27H,2,5-9H2,1H3. The molecule has 0 amide bonds. The number of rotatable bonds is 7. The lowest BCUT2D eigenvalue weighted by molar-refractivity contribution is 0.103. The van der Waals surface area contributed by atoms with Crippen molar-refractivity contribution in [1.82, 2.24) is 9.97 Å². The van der Waals surface area contributed by atoms with Crippen molar-refractivity contribution < 1.29 is 26.7 Å². The summed E-state index contributed by atoms with van der Waals surface area (Å²) in [6, 6.07) is 6.17. The summed E-state index contributed by atoms with van der Waals surface area (Å²) in [6.07, 6.45) is 1.98. The molecular formula is C22H22F2N4O4S. The van der Waals surface area contributed by atoms with Crippen LogP contribution in [0.4, 0.5) is 20.3 Å². The Hall–Kier alpha value is -3.18. The lowest BCUT2D eigenvalue weighted by Gasteiger charge is -2.27. The minimum Gasteiger partial charge on any atom is -0.378 e. The number of hydrogen-bond donors (Lipinski definition) is 1. The van der Waals surface area contributed by atoms with Crippen LogP contribution in [0.15, 0.2) is 36.5 Å².